The van der Waals surface area contributed by atoms with E-state index in [2.05, 4.69) is 4.74 Å². The van der Waals surface area contributed by atoms with Gasteiger partial charge >= 0.3 is 5.97 Å². The number of ether oxygens (including phenoxy) is 1. The molecule has 0 rings (SSSR count). The lowest BCUT2D eigenvalue weighted by molar-refractivity contribution is -0.149. The van der Waals surface area contributed by atoms with Gasteiger partial charge in [0.1, 0.15) is 0 Å². The van der Waals surface area contributed by atoms with Crippen LogP contribution in [-0.2, 0) is 9.53 Å². The maximum absolute atomic E-state index is 12.8. The van der Waals surface area contributed by atoms with Crippen LogP contribution in [0, 0.1) is 0 Å². The second-order valence-corrected chi connectivity index (χ2v) is 2.72. The van der Waals surface area contributed by atoms with Crippen LogP contribution in [0.1, 0.15) is 39.5 Å². The highest BCUT2D eigenvalue weighted by atomic mass is 19.1. The molecule has 0 amide bonds. The molecule has 0 N–H and O–H groups in total. The van der Waals surface area contributed by atoms with Crippen LogP contribution in [0.2, 0.25) is 0 Å². The van der Waals surface area contributed by atoms with Gasteiger partial charge in [-0.15, -0.1) is 0 Å². The standard InChI is InChI=1S/C9H17FO2/c1-3-5-6-7-8(10)9(11)12-4-2/h8H,3-7H2,1-2H3. The van der Waals surface area contributed by atoms with E-state index in [9.17, 15) is 9.18 Å². The Bertz CT molecular complexity index is 126. The molecule has 3 heteroatoms. The first kappa shape index (κ1) is 11.4. The van der Waals surface area contributed by atoms with E-state index in [1.54, 1.807) is 6.92 Å². The Morgan fingerprint density at radius 1 is 1.42 bits per heavy atom. The number of carbonyl (C=O) groups is 1. The van der Waals surface area contributed by atoms with E-state index in [1.807, 2.05) is 6.92 Å². The van der Waals surface area contributed by atoms with Gasteiger partial charge in [0.25, 0.3) is 0 Å². The number of alkyl halides is 1. The van der Waals surface area contributed by atoms with Crippen LogP contribution in [-0.4, -0.2) is 18.7 Å². The molecule has 0 aliphatic heterocycles. The first-order valence-corrected chi connectivity index (χ1v) is 4.53. The lowest BCUT2D eigenvalue weighted by atomic mass is 10.1. The Kier molecular flexibility index (Phi) is 6.72. The molecule has 0 aliphatic rings. The van der Waals surface area contributed by atoms with Crippen molar-refractivity contribution in [3.63, 3.8) is 0 Å². The fourth-order valence-corrected chi connectivity index (χ4v) is 0.924. The molecule has 1 atom stereocenters. The first-order valence-electron chi connectivity index (χ1n) is 4.53. The summed E-state index contributed by atoms with van der Waals surface area (Å²) in [6.45, 7) is 3.97. The predicted molar refractivity (Wildman–Crippen MR) is 45.7 cm³/mol. The largest absolute Gasteiger partial charge is 0.464 e. The number of halogens is 1. The third-order valence-electron chi connectivity index (χ3n) is 1.60. The van der Waals surface area contributed by atoms with Gasteiger partial charge in [0.05, 0.1) is 6.61 Å². The van der Waals surface area contributed by atoms with Crippen molar-refractivity contribution in [2.24, 2.45) is 0 Å². The zero-order valence-electron chi connectivity index (χ0n) is 7.81. The maximum atomic E-state index is 12.8. The highest BCUT2D eigenvalue weighted by Crippen LogP contribution is 2.07. The highest BCUT2D eigenvalue weighted by molar-refractivity contribution is 5.74. The lowest BCUT2D eigenvalue weighted by Crippen LogP contribution is -2.18. The van der Waals surface area contributed by atoms with Gasteiger partial charge in [-0.3, -0.25) is 0 Å². The molecule has 0 aliphatic carbocycles. The zero-order chi connectivity index (χ0) is 9.40. The molecule has 0 bridgehead atoms. The number of carbonyl (C=O) groups excluding carboxylic acids is 1. The summed E-state index contributed by atoms with van der Waals surface area (Å²) in [6, 6.07) is 0. The fraction of sp³-hybridized carbons (Fsp3) is 0.889. The minimum atomic E-state index is -1.42. The van der Waals surface area contributed by atoms with E-state index in [1.165, 1.54) is 0 Å². The second-order valence-electron chi connectivity index (χ2n) is 2.72. The number of rotatable bonds is 6. The Morgan fingerprint density at radius 3 is 2.58 bits per heavy atom. The summed E-state index contributed by atoms with van der Waals surface area (Å²) in [4.78, 5) is 10.7. The van der Waals surface area contributed by atoms with Crippen LogP contribution in [0.5, 0.6) is 0 Å². The molecule has 72 valence electrons. The summed E-state index contributed by atoms with van der Waals surface area (Å²) in [5.41, 5.74) is 0. The molecular formula is C9H17FO2. The zero-order valence-corrected chi connectivity index (χ0v) is 7.81. The molecule has 1 unspecified atom stereocenters. The SMILES string of the molecule is CCCCCC(F)C(=O)OCC. The van der Waals surface area contributed by atoms with Gasteiger partial charge < -0.3 is 4.74 Å². The van der Waals surface area contributed by atoms with Crippen molar-refractivity contribution in [3.8, 4) is 0 Å². The van der Waals surface area contributed by atoms with Gasteiger partial charge in [-0.05, 0) is 19.8 Å². The first-order chi connectivity index (χ1) is 5.72. The molecule has 12 heavy (non-hydrogen) atoms. The average Bonchev–Trinajstić information content (AvgIpc) is 2.05. The number of hydrogen-bond acceptors (Lipinski definition) is 2. The summed E-state index contributed by atoms with van der Waals surface area (Å²) in [5.74, 6) is -0.714. The van der Waals surface area contributed by atoms with Crippen molar-refractivity contribution in [2.45, 2.75) is 45.7 Å². The predicted octanol–water partition coefficient (Wildman–Crippen LogP) is 2.47. The minimum Gasteiger partial charge on any atom is -0.464 e. The van der Waals surface area contributed by atoms with Crippen LogP contribution in [0.4, 0.5) is 4.39 Å². The summed E-state index contributed by atoms with van der Waals surface area (Å²) in [7, 11) is 0. The van der Waals surface area contributed by atoms with Gasteiger partial charge in [-0.25, -0.2) is 9.18 Å². The average molecular weight is 176 g/mol. The van der Waals surface area contributed by atoms with Crippen molar-refractivity contribution in [2.75, 3.05) is 6.61 Å². The number of unbranched alkanes of at least 4 members (excludes halogenated alkanes) is 2. The Hall–Kier alpha value is -0.600. The molecule has 0 radical (unpaired) electrons. The molecule has 0 saturated carbocycles. The van der Waals surface area contributed by atoms with Crippen LogP contribution in [0.15, 0.2) is 0 Å². The van der Waals surface area contributed by atoms with Gasteiger partial charge in [0.15, 0.2) is 6.17 Å². The molecule has 2 nitrogen and oxygen atoms in total. The second kappa shape index (κ2) is 7.07. The van der Waals surface area contributed by atoms with Crippen molar-refractivity contribution >= 4 is 5.97 Å². The van der Waals surface area contributed by atoms with Crippen molar-refractivity contribution in [1.82, 2.24) is 0 Å². The van der Waals surface area contributed by atoms with Crippen LogP contribution in [0.25, 0.3) is 0 Å². The summed E-state index contributed by atoms with van der Waals surface area (Å²) >= 11 is 0. The van der Waals surface area contributed by atoms with Crippen molar-refractivity contribution in [3.05, 3.63) is 0 Å². The lowest BCUT2D eigenvalue weighted by Gasteiger charge is -2.06. The smallest absolute Gasteiger partial charge is 0.340 e. The molecule has 0 saturated heterocycles. The van der Waals surface area contributed by atoms with E-state index in [0.29, 0.717) is 6.42 Å². The van der Waals surface area contributed by atoms with E-state index in [-0.39, 0.29) is 6.61 Å². The quantitative estimate of drug-likeness (QED) is 0.459. The summed E-state index contributed by atoms with van der Waals surface area (Å²) in [5, 5.41) is 0. The summed E-state index contributed by atoms with van der Waals surface area (Å²) in [6.07, 6.45) is 1.65. The third-order valence-corrected chi connectivity index (χ3v) is 1.60. The van der Waals surface area contributed by atoms with E-state index in [4.69, 9.17) is 0 Å². The molecule has 0 aromatic heterocycles. The third kappa shape index (κ3) is 5.10. The highest BCUT2D eigenvalue weighted by Gasteiger charge is 2.16. The van der Waals surface area contributed by atoms with Gasteiger partial charge in [-0.1, -0.05) is 19.8 Å². The van der Waals surface area contributed by atoms with Gasteiger partial charge in [0, 0.05) is 0 Å². The number of esters is 1. The Balaban J connectivity index is 3.42. The molecule has 0 spiro atoms. The van der Waals surface area contributed by atoms with Crippen LogP contribution in [0.3, 0.4) is 0 Å². The topological polar surface area (TPSA) is 26.3 Å². The van der Waals surface area contributed by atoms with Crippen LogP contribution >= 0.6 is 0 Å². The monoisotopic (exact) mass is 176 g/mol. The number of hydrogen-bond donors (Lipinski definition) is 0. The molecule has 0 aromatic rings. The van der Waals surface area contributed by atoms with E-state index < -0.39 is 12.1 Å². The van der Waals surface area contributed by atoms with E-state index >= 15 is 0 Å². The van der Waals surface area contributed by atoms with E-state index in [0.717, 1.165) is 19.3 Å². The Morgan fingerprint density at radius 2 is 2.08 bits per heavy atom. The molecule has 0 heterocycles. The minimum absolute atomic E-state index is 0.257. The van der Waals surface area contributed by atoms with Gasteiger partial charge in [-0.2, -0.15) is 0 Å². The summed E-state index contributed by atoms with van der Waals surface area (Å²) < 4.78 is 17.4. The Labute approximate surface area is 73.1 Å². The molecular weight excluding hydrogens is 159 g/mol. The van der Waals surface area contributed by atoms with Gasteiger partial charge in [0.2, 0.25) is 0 Å². The van der Waals surface area contributed by atoms with Crippen molar-refractivity contribution < 1.29 is 13.9 Å². The molecule has 0 fully saturated rings. The van der Waals surface area contributed by atoms with Crippen molar-refractivity contribution in [1.29, 1.82) is 0 Å². The fourth-order valence-electron chi connectivity index (χ4n) is 0.924. The molecule has 0 aromatic carbocycles. The van der Waals surface area contributed by atoms with Crippen LogP contribution < -0.4 is 0 Å². The normalized spacial score (nSPS) is 12.6. The maximum Gasteiger partial charge on any atom is 0.340 e.